The van der Waals surface area contributed by atoms with E-state index in [1.165, 1.54) is 138 Å². The van der Waals surface area contributed by atoms with Crippen LogP contribution in [0.5, 0.6) is 11.5 Å². The van der Waals surface area contributed by atoms with E-state index >= 15 is 0 Å². The molecular formula is C40H62O2. The number of ether oxygens (including phenoxy) is 2. The number of hydrogen-bond donors (Lipinski definition) is 0. The summed E-state index contributed by atoms with van der Waals surface area (Å²) < 4.78 is 12.7. The van der Waals surface area contributed by atoms with E-state index in [2.05, 4.69) is 64.1 Å². The van der Waals surface area contributed by atoms with Gasteiger partial charge in [-0.2, -0.15) is 0 Å². The topological polar surface area (TPSA) is 18.5 Å². The van der Waals surface area contributed by atoms with Gasteiger partial charge in [0.05, 0.1) is 13.2 Å². The zero-order valence-electron chi connectivity index (χ0n) is 27.7. The minimum atomic E-state index is 0.718. The summed E-state index contributed by atoms with van der Waals surface area (Å²) in [5, 5.41) is 0. The molecule has 2 aromatic carbocycles. The highest BCUT2D eigenvalue weighted by atomic mass is 16.5. The fourth-order valence-corrected chi connectivity index (χ4v) is 7.62. The lowest BCUT2D eigenvalue weighted by atomic mass is 9.80. The Balaban J connectivity index is 1.17. The van der Waals surface area contributed by atoms with Gasteiger partial charge in [-0.05, 0) is 110 Å². The van der Waals surface area contributed by atoms with E-state index in [-0.39, 0.29) is 0 Å². The second kappa shape index (κ2) is 18.0. The standard InChI is InChI=1S/C40H62O2/c1-5-7-8-9-10-11-12-14-34-17-21-36(22-18-34)30-42-40-26-23-37(27-32(40)4)39-25-24-38(28-31(39)3)41-29-35-19-15-33(13-6-2)16-20-35/h23-28,33-36H,5-22,29-30H2,1-4H3/t33-,34-,35-,36-. The first-order valence-electron chi connectivity index (χ1n) is 18.0. The Kier molecular flexibility index (Phi) is 14.1. The number of hydrogen-bond acceptors (Lipinski definition) is 2. The minimum absolute atomic E-state index is 0.718. The molecule has 42 heavy (non-hydrogen) atoms. The highest BCUT2D eigenvalue weighted by Crippen LogP contribution is 2.35. The first-order chi connectivity index (χ1) is 20.6. The van der Waals surface area contributed by atoms with E-state index in [9.17, 15) is 0 Å². The largest absolute Gasteiger partial charge is 0.493 e. The lowest BCUT2D eigenvalue weighted by molar-refractivity contribution is 0.177. The molecule has 234 valence electrons. The van der Waals surface area contributed by atoms with Crippen molar-refractivity contribution >= 4 is 0 Å². The molecule has 0 heterocycles. The average molecular weight is 575 g/mol. The predicted molar refractivity (Wildman–Crippen MR) is 181 cm³/mol. The average Bonchev–Trinajstić information content (AvgIpc) is 3.00. The number of benzene rings is 2. The Morgan fingerprint density at radius 3 is 1.76 bits per heavy atom. The molecule has 0 aromatic heterocycles. The van der Waals surface area contributed by atoms with Gasteiger partial charge in [0.1, 0.15) is 11.5 Å². The van der Waals surface area contributed by atoms with Crippen molar-refractivity contribution in [3.05, 3.63) is 47.5 Å². The van der Waals surface area contributed by atoms with Gasteiger partial charge in [0.15, 0.2) is 0 Å². The molecule has 2 fully saturated rings. The van der Waals surface area contributed by atoms with Crippen LogP contribution in [0.1, 0.15) is 141 Å². The molecule has 4 rings (SSSR count). The molecular weight excluding hydrogens is 512 g/mol. The van der Waals surface area contributed by atoms with Crippen LogP contribution in [0, 0.1) is 37.5 Å². The fraction of sp³-hybridized carbons (Fsp3) is 0.700. The third kappa shape index (κ3) is 10.6. The van der Waals surface area contributed by atoms with Crippen LogP contribution in [0.4, 0.5) is 0 Å². The normalized spacial score (nSPS) is 22.7. The Bertz CT molecular complexity index is 1030. The van der Waals surface area contributed by atoms with Crippen molar-refractivity contribution in [3.63, 3.8) is 0 Å². The van der Waals surface area contributed by atoms with E-state index in [1.807, 2.05) is 0 Å². The van der Waals surface area contributed by atoms with Crippen LogP contribution in [-0.2, 0) is 0 Å². The molecule has 0 aliphatic heterocycles. The molecule has 2 nitrogen and oxygen atoms in total. The Morgan fingerprint density at radius 2 is 1.14 bits per heavy atom. The zero-order chi connectivity index (χ0) is 29.6. The SMILES string of the molecule is CCCCCCCCC[C@H]1CC[C@H](COc2ccc(-c3ccc(OC[C@H]4CC[C@H](CCC)CC4)cc3C)cc2C)CC1. The first-order valence-corrected chi connectivity index (χ1v) is 18.0. The van der Waals surface area contributed by atoms with Crippen LogP contribution in [-0.4, -0.2) is 13.2 Å². The van der Waals surface area contributed by atoms with Gasteiger partial charge in [0.2, 0.25) is 0 Å². The molecule has 0 bridgehead atoms. The zero-order valence-corrected chi connectivity index (χ0v) is 27.7. The molecule has 2 aliphatic carbocycles. The second-order valence-electron chi connectivity index (χ2n) is 14.1. The van der Waals surface area contributed by atoms with E-state index in [4.69, 9.17) is 9.47 Å². The molecule has 0 saturated heterocycles. The maximum atomic E-state index is 6.39. The Morgan fingerprint density at radius 1 is 0.548 bits per heavy atom. The van der Waals surface area contributed by atoms with Crippen LogP contribution in [0.15, 0.2) is 36.4 Å². The summed E-state index contributed by atoms with van der Waals surface area (Å²) in [5.74, 6) is 5.42. The smallest absolute Gasteiger partial charge is 0.122 e. The molecule has 0 atom stereocenters. The summed E-state index contributed by atoms with van der Waals surface area (Å²) >= 11 is 0. The van der Waals surface area contributed by atoms with E-state index in [0.29, 0.717) is 0 Å². The van der Waals surface area contributed by atoms with Crippen LogP contribution in [0.2, 0.25) is 0 Å². The first kappa shape index (κ1) is 32.9. The minimum Gasteiger partial charge on any atom is -0.493 e. The van der Waals surface area contributed by atoms with E-state index in [1.54, 1.807) is 0 Å². The Labute approximate surface area is 259 Å². The summed E-state index contributed by atoms with van der Waals surface area (Å²) in [6.45, 7) is 10.8. The molecule has 0 N–H and O–H groups in total. The Hall–Kier alpha value is -1.96. The van der Waals surface area contributed by atoms with Crippen molar-refractivity contribution in [2.75, 3.05) is 13.2 Å². The van der Waals surface area contributed by atoms with Crippen molar-refractivity contribution in [1.29, 1.82) is 0 Å². The quantitative estimate of drug-likeness (QED) is 0.175. The molecule has 0 unspecified atom stereocenters. The van der Waals surface area contributed by atoms with Crippen molar-refractivity contribution < 1.29 is 9.47 Å². The molecule has 2 aliphatic rings. The van der Waals surface area contributed by atoms with Gasteiger partial charge in [-0.25, -0.2) is 0 Å². The van der Waals surface area contributed by atoms with Gasteiger partial charge in [-0.15, -0.1) is 0 Å². The van der Waals surface area contributed by atoms with Crippen LogP contribution < -0.4 is 9.47 Å². The summed E-state index contributed by atoms with van der Waals surface area (Å²) in [5.41, 5.74) is 5.07. The third-order valence-corrected chi connectivity index (χ3v) is 10.5. The molecule has 0 amide bonds. The van der Waals surface area contributed by atoms with Gasteiger partial charge < -0.3 is 9.47 Å². The van der Waals surface area contributed by atoms with E-state index in [0.717, 1.165) is 48.4 Å². The summed E-state index contributed by atoms with van der Waals surface area (Å²) in [6.07, 6.45) is 25.1. The monoisotopic (exact) mass is 574 g/mol. The highest BCUT2D eigenvalue weighted by Gasteiger charge is 2.22. The highest BCUT2D eigenvalue weighted by molar-refractivity contribution is 5.69. The van der Waals surface area contributed by atoms with Gasteiger partial charge >= 0.3 is 0 Å². The third-order valence-electron chi connectivity index (χ3n) is 10.5. The summed E-state index contributed by atoms with van der Waals surface area (Å²) in [7, 11) is 0. The number of aryl methyl sites for hydroxylation is 2. The van der Waals surface area contributed by atoms with Gasteiger partial charge in [-0.1, -0.05) is 116 Å². The summed E-state index contributed by atoms with van der Waals surface area (Å²) in [6, 6.07) is 13.3. The number of rotatable bonds is 17. The maximum absolute atomic E-state index is 6.39. The van der Waals surface area contributed by atoms with Gasteiger partial charge in [0.25, 0.3) is 0 Å². The molecule has 2 heteroatoms. The lowest BCUT2D eigenvalue weighted by Crippen LogP contribution is -2.20. The molecule has 0 spiro atoms. The van der Waals surface area contributed by atoms with Crippen molar-refractivity contribution in [3.8, 4) is 22.6 Å². The van der Waals surface area contributed by atoms with Gasteiger partial charge in [0, 0.05) is 0 Å². The van der Waals surface area contributed by atoms with Crippen molar-refractivity contribution in [2.45, 2.75) is 143 Å². The second-order valence-corrected chi connectivity index (χ2v) is 14.1. The van der Waals surface area contributed by atoms with Crippen LogP contribution >= 0.6 is 0 Å². The van der Waals surface area contributed by atoms with E-state index < -0.39 is 0 Å². The molecule has 0 radical (unpaired) electrons. The maximum Gasteiger partial charge on any atom is 0.122 e. The van der Waals surface area contributed by atoms with Crippen molar-refractivity contribution in [2.24, 2.45) is 23.7 Å². The molecule has 2 aromatic rings. The van der Waals surface area contributed by atoms with Crippen LogP contribution in [0.25, 0.3) is 11.1 Å². The lowest BCUT2D eigenvalue weighted by Gasteiger charge is -2.28. The molecule has 2 saturated carbocycles. The summed E-state index contributed by atoms with van der Waals surface area (Å²) in [4.78, 5) is 0. The number of unbranched alkanes of at least 4 members (excludes halogenated alkanes) is 6. The van der Waals surface area contributed by atoms with Gasteiger partial charge in [-0.3, -0.25) is 0 Å². The van der Waals surface area contributed by atoms with Crippen molar-refractivity contribution in [1.82, 2.24) is 0 Å². The van der Waals surface area contributed by atoms with Crippen LogP contribution in [0.3, 0.4) is 0 Å². The predicted octanol–water partition coefficient (Wildman–Crippen LogP) is 12.3. The fourth-order valence-electron chi connectivity index (χ4n) is 7.62.